The molecule has 0 saturated carbocycles. The van der Waals surface area contributed by atoms with E-state index in [0.29, 0.717) is 57.4 Å². The second kappa shape index (κ2) is 27.5. The molecule has 22 nitrogen and oxygen atoms in total. The molecule has 7 rings (SSSR count). The zero-order valence-electron chi connectivity index (χ0n) is 42.0. The lowest BCUT2D eigenvalue weighted by molar-refractivity contribution is -0.203. The molecule has 4 aliphatic rings. The number of phenolic OH excluding ortho intramolecular Hbond substituents is 2. The lowest BCUT2D eigenvalue weighted by atomic mass is 9.75. The Kier molecular flexibility index (Phi) is 21.6. The Morgan fingerprint density at radius 2 is 1.64 bits per heavy atom. The molecule has 4 amide bonds. The third-order valence-electron chi connectivity index (χ3n) is 13.5. The molecule has 2 aliphatic heterocycles. The number of hydrogen-bond acceptors (Lipinski definition) is 18. The molecule has 2 fully saturated rings. The number of methoxy groups -OCH3 is 1. The highest BCUT2D eigenvalue weighted by Crippen LogP contribution is 2.47. The summed E-state index contributed by atoms with van der Waals surface area (Å²) in [5.41, 5.74) is 6.80. The topological polar surface area (TPSA) is 343 Å². The van der Waals surface area contributed by atoms with Crippen molar-refractivity contribution in [2.75, 3.05) is 40.4 Å². The van der Waals surface area contributed by atoms with Gasteiger partial charge in [-0.3, -0.25) is 38.4 Å². The van der Waals surface area contributed by atoms with E-state index in [1.807, 2.05) is 30.3 Å². The number of aliphatic hydroxyl groups is 3. The number of ketones is 3. The van der Waals surface area contributed by atoms with E-state index < -0.39 is 84.5 Å². The highest BCUT2D eigenvalue weighted by Gasteiger charge is 2.42. The molecular weight excluding hydrogens is 965 g/mol. The van der Waals surface area contributed by atoms with Gasteiger partial charge in [-0.2, -0.15) is 0 Å². The van der Waals surface area contributed by atoms with Gasteiger partial charge in [0, 0.05) is 35.6 Å². The number of hydrogen-bond donors (Lipinski definition) is 10. The molecule has 402 valence electrons. The summed E-state index contributed by atoms with van der Waals surface area (Å²) in [5.74, 6) is -4.23. The van der Waals surface area contributed by atoms with Crippen LogP contribution in [-0.2, 0) is 57.7 Å². The number of Topliss-reactive ketones (excluding diaryl/α,β-unsaturated/α-hetero) is 1. The van der Waals surface area contributed by atoms with Crippen molar-refractivity contribution in [2.24, 2.45) is 11.7 Å². The maximum absolute atomic E-state index is 13.1. The molecule has 0 spiro atoms. The van der Waals surface area contributed by atoms with Gasteiger partial charge in [-0.1, -0.05) is 48.9 Å². The summed E-state index contributed by atoms with van der Waals surface area (Å²) in [4.78, 5) is 99.8. The first-order valence-electron chi connectivity index (χ1n) is 24.6. The smallest absolute Gasteiger partial charge is 0.293 e. The highest BCUT2D eigenvalue weighted by molar-refractivity contribution is 6.31. The number of phenols is 2. The normalized spacial score (nSPS) is 21.3. The van der Waals surface area contributed by atoms with Gasteiger partial charge in [0.25, 0.3) is 6.47 Å². The van der Waals surface area contributed by atoms with E-state index in [0.717, 1.165) is 18.4 Å². The Hall–Kier alpha value is -6.82. The molecule has 3 aromatic rings. The van der Waals surface area contributed by atoms with Crippen molar-refractivity contribution in [1.82, 2.24) is 26.2 Å². The Morgan fingerprint density at radius 3 is 2.30 bits per heavy atom. The molecule has 0 radical (unpaired) electrons. The number of aliphatic hydroxyl groups excluding tert-OH is 3. The maximum atomic E-state index is 13.1. The van der Waals surface area contributed by atoms with Crippen LogP contribution >= 0.6 is 0 Å². The molecule has 74 heavy (non-hydrogen) atoms. The Bertz CT molecular complexity index is 2510. The lowest BCUT2D eigenvalue weighted by Crippen LogP contribution is -2.58. The first kappa shape index (κ1) is 58.1. The third-order valence-corrected chi connectivity index (χ3v) is 13.5. The van der Waals surface area contributed by atoms with E-state index in [4.69, 9.17) is 20.3 Å². The van der Waals surface area contributed by atoms with Gasteiger partial charge < -0.3 is 71.6 Å². The van der Waals surface area contributed by atoms with Crippen LogP contribution in [0.3, 0.4) is 0 Å². The number of nitrogens with zero attached hydrogens (tertiary/aromatic N) is 1. The molecule has 2 heterocycles. The zero-order chi connectivity index (χ0) is 54.2. The number of amides is 4. The van der Waals surface area contributed by atoms with Crippen molar-refractivity contribution < 1.29 is 78.1 Å². The van der Waals surface area contributed by atoms with Crippen molar-refractivity contribution in [3.8, 4) is 17.2 Å². The van der Waals surface area contributed by atoms with Crippen LogP contribution in [0.1, 0.15) is 107 Å². The standard InChI is InChI=1S/C23H42N6O7.C21H18O7.C8H8O2/c1-13(27-22(34)15(25-3)7-4-5-9-24)21(33)26-12-18(30)29-10-6-8-17(29)23(35)28-16-11-19(31)36-14(2)20(16)32;1-28-14-4-2-3-11-15(14)21(27)17-16(19(11)25)20(26)12-7-9(13(23)8-22)5-6-10(12)18(17)24;9-7-10-6-8-4-2-1-3-5-8/h13-17,19-20,25,31-32H,4-12,24H2,1-3H3,(H,26,33)(H,27,34)(H,28,35);2-4,9,22,24,26H,5-8H2,1H3;1-5,7H,6H2. The fourth-order valence-electron chi connectivity index (χ4n) is 9.44. The monoisotopic (exact) mass is 1030 g/mol. The van der Waals surface area contributed by atoms with E-state index in [2.05, 4.69) is 26.0 Å². The quantitative estimate of drug-likeness (QED) is 0.0361. The minimum atomic E-state index is -1.10. The average Bonchev–Trinajstić information content (AvgIpc) is 3.91. The number of aromatic hydroxyl groups is 2. The van der Waals surface area contributed by atoms with Crippen LogP contribution in [0.15, 0.2) is 48.5 Å². The molecule has 2 aliphatic carbocycles. The van der Waals surface area contributed by atoms with Gasteiger partial charge in [0.2, 0.25) is 29.4 Å². The number of rotatable bonds is 18. The average molecular weight is 1030 g/mol. The second-order valence-corrected chi connectivity index (χ2v) is 18.4. The molecular formula is C52H68N6O16. The number of benzene rings is 3. The van der Waals surface area contributed by atoms with E-state index in [1.165, 1.54) is 25.0 Å². The molecule has 0 aromatic heterocycles. The summed E-state index contributed by atoms with van der Waals surface area (Å²) in [6.07, 6.45) is 1.27. The summed E-state index contributed by atoms with van der Waals surface area (Å²) in [7, 11) is 3.05. The molecule has 2 saturated heterocycles. The predicted molar refractivity (Wildman–Crippen MR) is 265 cm³/mol. The van der Waals surface area contributed by atoms with Gasteiger partial charge >= 0.3 is 0 Å². The number of carbonyl (C=O) groups is 8. The number of nitrogens with two attached hydrogens (primary N) is 1. The predicted octanol–water partition coefficient (Wildman–Crippen LogP) is 0.196. The van der Waals surface area contributed by atoms with E-state index in [1.54, 1.807) is 26.1 Å². The largest absolute Gasteiger partial charge is 0.507 e. The van der Waals surface area contributed by atoms with Crippen molar-refractivity contribution in [3.05, 3.63) is 87.5 Å². The van der Waals surface area contributed by atoms with Crippen molar-refractivity contribution in [2.45, 2.75) is 121 Å². The number of ether oxygens (including phenoxy) is 3. The van der Waals surface area contributed by atoms with Crippen LogP contribution in [0.25, 0.3) is 0 Å². The van der Waals surface area contributed by atoms with Crippen LogP contribution in [-0.4, -0.2) is 161 Å². The number of fused-ring (bicyclic) bond motifs is 3. The summed E-state index contributed by atoms with van der Waals surface area (Å²) in [6.45, 7) is 3.94. The van der Waals surface area contributed by atoms with E-state index in [9.17, 15) is 58.8 Å². The molecule has 0 bridgehead atoms. The molecule has 3 aromatic carbocycles. The van der Waals surface area contributed by atoms with E-state index in [-0.39, 0.29) is 82.6 Å². The lowest BCUT2D eigenvalue weighted by Gasteiger charge is -2.37. The Labute approximate surface area is 428 Å². The Balaban J connectivity index is 0.000000235. The number of unbranched alkanes of at least 4 members (excludes halogenated alkanes) is 1. The van der Waals surface area contributed by atoms with Crippen molar-refractivity contribution >= 4 is 47.5 Å². The number of likely N-dealkylation sites (tertiary alicyclic amines) is 1. The number of likely N-dealkylation sites (N-methyl/N-ethyl adjacent to an activating group) is 1. The number of nitrogens with one attached hydrogen (secondary N) is 4. The van der Waals surface area contributed by atoms with E-state index >= 15 is 0 Å². The van der Waals surface area contributed by atoms with Crippen LogP contribution in [0.4, 0.5) is 0 Å². The van der Waals surface area contributed by atoms with Gasteiger partial charge in [-0.15, -0.1) is 0 Å². The molecule has 8 unspecified atom stereocenters. The molecule has 22 heteroatoms. The van der Waals surface area contributed by atoms with Gasteiger partial charge in [-0.25, -0.2) is 0 Å². The van der Waals surface area contributed by atoms with Gasteiger partial charge in [-0.05, 0) is 84.0 Å². The van der Waals surface area contributed by atoms with Crippen LogP contribution < -0.4 is 31.7 Å². The minimum Gasteiger partial charge on any atom is -0.507 e. The fraction of sp³-hybridized carbons (Fsp3) is 0.500. The van der Waals surface area contributed by atoms with Crippen LogP contribution in [0, 0.1) is 5.92 Å². The first-order chi connectivity index (χ1) is 35.4. The van der Waals surface area contributed by atoms with Gasteiger partial charge in [0.15, 0.2) is 17.9 Å². The van der Waals surface area contributed by atoms with Gasteiger partial charge in [0.05, 0.1) is 48.5 Å². The number of carbonyl (C=O) groups excluding carboxylic acids is 8. The zero-order valence-corrected chi connectivity index (χ0v) is 42.0. The fourth-order valence-corrected chi connectivity index (χ4v) is 9.44. The summed E-state index contributed by atoms with van der Waals surface area (Å²) in [6, 6.07) is 11.4. The maximum Gasteiger partial charge on any atom is 0.293 e. The van der Waals surface area contributed by atoms with Gasteiger partial charge in [0.1, 0.15) is 48.6 Å². The summed E-state index contributed by atoms with van der Waals surface area (Å²) < 4.78 is 14.9. The highest BCUT2D eigenvalue weighted by atomic mass is 16.6. The summed E-state index contributed by atoms with van der Waals surface area (Å²) in [5, 5.41) is 61.6. The first-order valence-corrected chi connectivity index (χ1v) is 24.6. The molecule has 8 atom stereocenters. The van der Waals surface area contributed by atoms with Crippen molar-refractivity contribution in [1.29, 1.82) is 0 Å². The SMILES string of the molecule is CNC(CCCCN)C(=O)NC(C)C(=O)NCC(=O)N1CCCC1C(=O)NC1CC(O)OC(C)C1O.COc1cccc2c1C(=O)c1c(O)c3c(c(O)c1C2=O)CC(C(=O)CO)CC3.O=COCc1ccccc1. The Morgan fingerprint density at radius 1 is 0.932 bits per heavy atom. The van der Waals surface area contributed by atoms with Crippen LogP contribution in [0.5, 0.6) is 17.2 Å². The van der Waals surface area contributed by atoms with Crippen LogP contribution in [0.2, 0.25) is 0 Å². The third kappa shape index (κ3) is 14.1. The summed E-state index contributed by atoms with van der Waals surface area (Å²) >= 11 is 0. The van der Waals surface area contributed by atoms with Crippen molar-refractivity contribution in [3.63, 3.8) is 0 Å². The minimum absolute atomic E-state index is 0.0407. The molecule has 11 N–H and O–H groups in total. The second-order valence-electron chi connectivity index (χ2n) is 18.4.